The number of hydrogen-bond donors (Lipinski definition) is 0. The molecule has 0 aliphatic heterocycles. The first kappa shape index (κ1) is 44.1. The fourth-order valence-corrected chi connectivity index (χ4v) is 8.58. The van der Waals surface area contributed by atoms with Gasteiger partial charge in [-0.2, -0.15) is 0 Å². The second kappa shape index (κ2) is 20.4. The molecular formula is C54H44B2CoN12. The Balaban J connectivity index is 0.000000158. The molecule has 0 aliphatic rings. The van der Waals surface area contributed by atoms with Gasteiger partial charge in [0, 0.05) is 33.4 Å². The van der Waals surface area contributed by atoms with Crippen molar-refractivity contribution < 1.29 is 16.8 Å². The van der Waals surface area contributed by atoms with Gasteiger partial charge in [-0.25, -0.2) is 30.6 Å². The average molecular weight is 942 g/mol. The van der Waals surface area contributed by atoms with Crippen LogP contribution in [0.1, 0.15) is 0 Å². The Labute approximate surface area is 410 Å². The number of aromatic nitrogens is 12. The van der Waals surface area contributed by atoms with Crippen LogP contribution < -0.4 is 0 Å². The van der Waals surface area contributed by atoms with E-state index in [1.54, 1.807) is 0 Å². The van der Waals surface area contributed by atoms with Gasteiger partial charge in [-0.15, -0.1) is 0 Å². The van der Waals surface area contributed by atoms with Crippen molar-refractivity contribution in [3.8, 4) is 67.5 Å². The van der Waals surface area contributed by atoms with Gasteiger partial charge in [-0.3, -0.25) is 0 Å². The first-order valence-corrected chi connectivity index (χ1v) is 22.7. The molecule has 6 heterocycles. The van der Waals surface area contributed by atoms with E-state index in [9.17, 15) is 0 Å². The van der Waals surface area contributed by atoms with Gasteiger partial charge in [0.15, 0.2) is 0 Å². The van der Waals surface area contributed by atoms with Gasteiger partial charge < -0.3 is 27.6 Å². The topological polar surface area (TPSA) is 107 Å². The summed E-state index contributed by atoms with van der Waals surface area (Å²) in [5.41, 5.74) is 12.0. The predicted molar refractivity (Wildman–Crippen MR) is 273 cm³/mol. The molecule has 0 saturated heterocycles. The van der Waals surface area contributed by atoms with Crippen LogP contribution in [0.25, 0.3) is 67.5 Å². The molecular weight excluding hydrogens is 897 g/mol. The Hall–Kier alpha value is -8.78. The van der Waals surface area contributed by atoms with Crippen LogP contribution in [0, 0.1) is 0 Å². The molecule has 0 atom stereocenters. The van der Waals surface area contributed by atoms with Crippen molar-refractivity contribution in [3.05, 3.63) is 256 Å². The van der Waals surface area contributed by atoms with Gasteiger partial charge in [0.05, 0.1) is 34.2 Å². The largest absolute Gasteiger partial charge is 2.00 e. The Morgan fingerprint density at radius 2 is 0.348 bits per heavy atom. The van der Waals surface area contributed by atoms with Gasteiger partial charge in [-0.1, -0.05) is 182 Å². The van der Waals surface area contributed by atoms with E-state index in [-0.39, 0.29) is 16.8 Å². The molecule has 335 valence electrons. The second-order valence-corrected chi connectivity index (χ2v) is 16.5. The fraction of sp³-hybridized carbons (Fsp3) is 0. The molecule has 0 fully saturated rings. The summed E-state index contributed by atoms with van der Waals surface area (Å²) in [6.45, 7) is 0. The molecule has 6 aromatic heterocycles. The van der Waals surface area contributed by atoms with E-state index in [0.717, 1.165) is 67.5 Å². The summed E-state index contributed by atoms with van der Waals surface area (Å²) in [7, 11) is -2.96. The molecule has 12 rings (SSSR count). The zero-order valence-corrected chi connectivity index (χ0v) is 38.4. The van der Waals surface area contributed by atoms with Crippen molar-refractivity contribution >= 4 is 14.2 Å². The van der Waals surface area contributed by atoms with E-state index in [4.69, 9.17) is 30.6 Å². The maximum Gasteiger partial charge on any atom is 2.00 e. The van der Waals surface area contributed by atoms with Gasteiger partial charge in [0.25, 0.3) is 0 Å². The third-order valence-corrected chi connectivity index (χ3v) is 12.0. The van der Waals surface area contributed by atoms with Crippen LogP contribution in [0.15, 0.2) is 256 Å². The van der Waals surface area contributed by atoms with Crippen molar-refractivity contribution in [2.75, 3.05) is 0 Å². The Morgan fingerprint density at radius 3 is 0.493 bits per heavy atom. The maximum absolute atomic E-state index is 4.93. The molecule has 12 aromatic rings. The first-order chi connectivity index (χ1) is 33.7. The van der Waals surface area contributed by atoms with Gasteiger partial charge in [0.1, 0.15) is 0 Å². The molecule has 12 nitrogen and oxygen atoms in total. The summed E-state index contributed by atoms with van der Waals surface area (Å²) in [4.78, 5) is 0. The molecule has 0 unspecified atom stereocenters. The minimum absolute atomic E-state index is 0. The molecule has 15 heteroatoms. The quantitative estimate of drug-likeness (QED) is 0.113. The van der Waals surface area contributed by atoms with Crippen molar-refractivity contribution in [1.82, 2.24) is 58.1 Å². The minimum atomic E-state index is -1.48. The normalized spacial score (nSPS) is 11.0. The van der Waals surface area contributed by atoms with Gasteiger partial charge >= 0.3 is 31.0 Å². The maximum atomic E-state index is 4.93. The summed E-state index contributed by atoms with van der Waals surface area (Å²) in [5.74, 6) is 0. The smallest absolute Gasteiger partial charge is 0.402 e. The number of benzene rings is 6. The van der Waals surface area contributed by atoms with Gasteiger partial charge in [-0.05, 0) is 73.6 Å². The van der Waals surface area contributed by atoms with E-state index in [0.29, 0.717) is 0 Å². The standard InChI is InChI=1S/2C27H22BN6.Co/c2*1-4-10-22(11-5-1)25-16-19-32(29-25)28(33-20-17-26(30-33)23-12-6-2-7-13-23)34-21-18-27(31-34)24-14-8-3-9-15-24;/h2*1-21,28H;/q2*-1;+2. The van der Waals surface area contributed by atoms with Crippen LogP contribution in [0.2, 0.25) is 0 Å². The average Bonchev–Trinajstić information content (AvgIpc) is 4.29. The molecule has 6 aromatic carbocycles. The van der Waals surface area contributed by atoms with Crippen LogP contribution in [-0.4, -0.2) is 72.4 Å². The van der Waals surface area contributed by atoms with Crippen molar-refractivity contribution in [2.45, 2.75) is 0 Å². The Bertz CT molecular complexity index is 2880. The Morgan fingerprint density at radius 1 is 0.203 bits per heavy atom. The predicted octanol–water partition coefficient (Wildman–Crippen LogP) is 9.88. The molecule has 0 aliphatic carbocycles. The van der Waals surface area contributed by atoms with Gasteiger partial charge in [0.2, 0.25) is 0 Å². The molecule has 69 heavy (non-hydrogen) atoms. The second-order valence-electron chi connectivity index (χ2n) is 16.5. The van der Waals surface area contributed by atoms with E-state index in [1.807, 2.05) is 210 Å². The monoisotopic (exact) mass is 941 g/mol. The van der Waals surface area contributed by atoms with E-state index in [2.05, 4.69) is 72.8 Å². The van der Waals surface area contributed by atoms with Crippen LogP contribution in [0.4, 0.5) is 0 Å². The fourth-order valence-electron chi connectivity index (χ4n) is 8.58. The molecule has 0 bridgehead atoms. The molecule has 0 spiro atoms. The summed E-state index contributed by atoms with van der Waals surface area (Å²) in [5, 5.41) is 29.6. The van der Waals surface area contributed by atoms with Crippen molar-refractivity contribution in [1.29, 1.82) is 0 Å². The zero-order chi connectivity index (χ0) is 45.5. The van der Waals surface area contributed by atoms with E-state index < -0.39 is 14.2 Å². The van der Waals surface area contributed by atoms with Crippen LogP contribution >= 0.6 is 0 Å². The van der Waals surface area contributed by atoms with Crippen LogP contribution in [0.5, 0.6) is 0 Å². The number of hydrogen-bond acceptors (Lipinski definition) is 6. The SMILES string of the molecule is [Co+2].c1ccc(-c2ccn([BH-](n3ccc(-c4ccccc4)n3)n3ccc(-c4ccccc4)n3)n2)cc1.c1ccc(-c2ccn([BH-](n3ccc(-c4ccccc4)n3)n3ccc(-c4ccccc4)n3)n2)cc1. The molecule has 0 N–H and O–H groups in total. The van der Waals surface area contributed by atoms with E-state index >= 15 is 0 Å². The summed E-state index contributed by atoms with van der Waals surface area (Å²) < 4.78 is 11.9. The Kier molecular flexibility index (Phi) is 13.0. The first-order valence-electron chi connectivity index (χ1n) is 22.7. The molecule has 1 radical (unpaired) electrons. The minimum Gasteiger partial charge on any atom is -0.402 e. The molecule has 0 saturated carbocycles. The van der Waals surface area contributed by atoms with Crippen molar-refractivity contribution in [2.24, 2.45) is 0 Å². The van der Waals surface area contributed by atoms with Crippen LogP contribution in [0.3, 0.4) is 0 Å². The third-order valence-electron chi connectivity index (χ3n) is 12.0. The number of nitrogens with zero attached hydrogens (tertiary/aromatic N) is 12. The summed E-state index contributed by atoms with van der Waals surface area (Å²) in [6, 6.07) is 73.5. The van der Waals surface area contributed by atoms with Crippen molar-refractivity contribution in [3.63, 3.8) is 0 Å². The summed E-state index contributed by atoms with van der Waals surface area (Å²) >= 11 is 0. The summed E-state index contributed by atoms with van der Waals surface area (Å²) in [6.07, 6.45) is 12.1. The number of rotatable bonds is 12. The third kappa shape index (κ3) is 9.72. The van der Waals surface area contributed by atoms with E-state index in [1.165, 1.54) is 0 Å². The van der Waals surface area contributed by atoms with Crippen LogP contribution in [-0.2, 0) is 16.8 Å². The zero-order valence-electron chi connectivity index (χ0n) is 37.4. The molecule has 0 amide bonds.